The molecule has 4 rings (SSSR count). The monoisotopic (exact) mass is 508 g/mol. The van der Waals surface area contributed by atoms with Gasteiger partial charge in [0.1, 0.15) is 0 Å². The zero-order valence-electron chi connectivity index (χ0n) is 18.8. The summed E-state index contributed by atoms with van der Waals surface area (Å²) in [4.78, 5) is 13.0. The van der Waals surface area contributed by atoms with Gasteiger partial charge >= 0.3 is 0 Å². The third kappa shape index (κ3) is 5.73. The first-order valence-corrected chi connectivity index (χ1v) is 13.9. The number of carbonyl (C=O) groups excluding carboxylic acids is 1. The second-order valence-corrected chi connectivity index (χ2v) is 11.9. The summed E-state index contributed by atoms with van der Waals surface area (Å²) in [7, 11) is -3.65. The molecule has 0 unspecified atom stereocenters. The van der Waals surface area contributed by atoms with Gasteiger partial charge in [-0.05, 0) is 74.3 Å². The third-order valence-electron chi connectivity index (χ3n) is 6.77. The van der Waals surface area contributed by atoms with Gasteiger partial charge in [-0.2, -0.15) is 0 Å². The van der Waals surface area contributed by atoms with Gasteiger partial charge in [0.15, 0.2) is 0 Å². The molecule has 1 N–H and O–H groups in total. The molecule has 2 aromatic rings. The van der Waals surface area contributed by atoms with E-state index in [4.69, 9.17) is 23.2 Å². The van der Waals surface area contributed by atoms with E-state index in [0.29, 0.717) is 35.0 Å². The molecule has 178 valence electrons. The summed E-state index contributed by atoms with van der Waals surface area (Å²) in [5.74, 6) is -0.753. The molecular formula is C25H30Cl2N2O3S. The number of amides is 1. The average Bonchev–Trinajstić information content (AvgIpc) is 2.81. The highest BCUT2D eigenvalue weighted by Gasteiger charge is 2.33. The molecule has 2 aliphatic rings. The Hall–Kier alpha value is -1.60. The van der Waals surface area contributed by atoms with Crippen LogP contribution in [0.5, 0.6) is 0 Å². The maximum absolute atomic E-state index is 13.1. The maximum atomic E-state index is 13.1. The van der Waals surface area contributed by atoms with Crippen LogP contribution in [0.2, 0.25) is 10.0 Å². The molecule has 33 heavy (non-hydrogen) atoms. The van der Waals surface area contributed by atoms with Gasteiger partial charge in [-0.25, -0.2) is 12.7 Å². The molecule has 1 fully saturated rings. The molecule has 5 nitrogen and oxygen atoms in total. The van der Waals surface area contributed by atoms with Gasteiger partial charge in [0, 0.05) is 28.7 Å². The summed E-state index contributed by atoms with van der Waals surface area (Å²) in [5, 5.41) is 3.77. The topological polar surface area (TPSA) is 66.5 Å². The van der Waals surface area contributed by atoms with E-state index in [1.807, 2.05) is 6.92 Å². The highest BCUT2D eigenvalue weighted by atomic mass is 35.5. The van der Waals surface area contributed by atoms with Crippen molar-refractivity contribution in [3.8, 4) is 0 Å². The predicted octanol–water partition coefficient (Wildman–Crippen LogP) is 5.29. The molecule has 0 aromatic heterocycles. The Morgan fingerprint density at radius 3 is 2.52 bits per heavy atom. The van der Waals surface area contributed by atoms with Crippen LogP contribution in [0, 0.1) is 5.92 Å². The summed E-state index contributed by atoms with van der Waals surface area (Å²) in [6.07, 6.45) is 5.98. The summed E-state index contributed by atoms with van der Waals surface area (Å²) >= 11 is 12.4. The van der Waals surface area contributed by atoms with Gasteiger partial charge in [0.05, 0.1) is 17.7 Å². The summed E-state index contributed by atoms with van der Waals surface area (Å²) in [6.45, 7) is 2.56. The van der Waals surface area contributed by atoms with E-state index in [0.717, 1.165) is 18.4 Å². The largest absolute Gasteiger partial charge is 0.349 e. The van der Waals surface area contributed by atoms with E-state index < -0.39 is 10.0 Å². The van der Waals surface area contributed by atoms with E-state index in [1.165, 1.54) is 28.3 Å². The number of fused-ring (bicyclic) bond motifs is 1. The normalized spacial score (nSPS) is 20.2. The fourth-order valence-electron chi connectivity index (χ4n) is 4.79. The Labute approximate surface area is 206 Å². The van der Waals surface area contributed by atoms with Crippen LogP contribution >= 0.6 is 23.2 Å². The number of rotatable bonds is 6. The van der Waals surface area contributed by atoms with Crippen LogP contribution in [-0.2, 0) is 33.4 Å². The van der Waals surface area contributed by atoms with E-state index in [-0.39, 0.29) is 30.2 Å². The number of hydrogen-bond acceptors (Lipinski definition) is 3. The first-order chi connectivity index (χ1) is 15.7. The van der Waals surface area contributed by atoms with Crippen molar-refractivity contribution < 1.29 is 13.2 Å². The maximum Gasteiger partial charge on any atom is 0.224 e. The van der Waals surface area contributed by atoms with E-state index in [2.05, 4.69) is 23.5 Å². The molecule has 0 radical (unpaired) electrons. The molecule has 1 aliphatic heterocycles. The Kier molecular flexibility index (Phi) is 7.69. The van der Waals surface area contributed by atoms with Crippen molar-refractivity contribution in [1.82, 2.24) is 9.62 Å². The number of nitrogens with zero attached hydrogens (tertiary/aromatic N) is 1. The molecule has 0 spiro atoms. The minimum atomic E-state index is -3.65. The molecule has 0 saturated carbocycles. The fraction of sp³-hybridized carbons (Fsp3) is 0.480. The van der Waals surface area contributed by atoms with Crippen LogP contribution in [0.25, 0.3) is 0 Å². The minimum Gasteiger partial charge on any atom is -0.349 e. The lowest BCUT2D eigenvalue weighted by atomic mass is 9.89. The van der Waals surface area contributed by atoms with Crippen molar-refractivity contribution in [3.05, 3.63) is 68.7 Å². The molecular weight excluding hydrogens is 479 g/mol. The third-order valence-corrected chi connectivity index (χ3v) is 9.25. The van der Waals surface area contributed by atoms with Gasteiger partial charge in [0.2, 0.25) is 15.9 Å². The molecule has 1 aliphatic carbocycles. The van der Waals surface area contributed by atoms with Gasteiger partial charge in [0.25, 0.3) is 0 Å². The SMILES string of the molecule is C[C@@H](NC(=O)[C@@H]1CCCN(S(=O)(=O)Cc2c(Cl)cccc2Cl)C1)c1ccc2c(c1)CCCC2. The molecule has 1 heterocycles. The van der Waals surface area contributed by atoms with Crippen LogP contribution in [0.1, 0.15) is 60.9 Å². The van der Waals surface area contributed by atoms with Crippen LogP contribution in [-0.4, -0.2) is 31.7 Å². The zero-order chi connectivity index (χ0) is 23.6. The molecule has 2 aromatic carbocycles. The second kappa shape index (κ2) is 10.3. The van der Waals surface area contributed by atoms with Gasteiger partial charge < -0.3 is 5.32 Å². The highest BCUT2D eigenvalue weighted by Crippen LogP contribution is 2.30. The Morgan fingerprint density at radius 2 is 1.79 bits per heavy atom. The van der Waals surface area contributed by atoms with Crippen molar-refractivity contribution in [2.24, 2.45) is 5.92 Å². The summed E-state index contributed by atoms with van der Waals surface area (Å²) < 4.78 is 27.6. The van der Waals surface area contributed by atoms with Crippen molar-refractivity contribution in [3.63, 3.8) is 0 Å². The number of piperidine rings is 1. The Morgan fingerprint density at radius 1 is 1.09 bits per heavy atom. The van der Waals surface area contributed by atoms with Crippen molar-refractivity contribution in [2.75, 3.05) is 13.1 Å². The van der Waals surface area contributed by atoms with Crippen molar-refractivity contribution in [2.45, 2.75) is 57.2 Å². The Balaban J connectivity index is 1.41. The van der Waals surface area contributed by atoms with Crippen LogP contribution in [0.15, 0.2) is 36.4 Å². The number of aryl methyl sites for hydroxylation is 2. The smallest absolute Gasteiger partial charge is 0.224 e. The number of sulfonamides is 1. The lowest BCUT2D eigenvalue weighted by Gasteiger charge is -2.32. The van der Waals surface area contributed by atoms with E-state index in [9.17, 15) is 13.2 Å². The molecule has 1 amide bonds. The van der Waals surface area contributed by atoms with Crippen molar-refractivity contribution in [1.29, 1.82) is 0 Å². The quantitative estimate of drug-likeness (QED) is 0.576. The molecule has 8 heteroatoms. The van der Waals surface area contributed by atoms with Gasteiger partial charge in [-0.15, -0.1) is 0 Å². The zero-order valence-corrected chi connectivity index (χ0v) is 21.1. The average molecular weight is 509 g/mol. The molecule has 2 atom stereocenters. The summed E-state index contributed by atoms with van der Waals surface area (Å²) in [5.41, 5.74) is 4.29. The van der Waals surface area contributed by atoms with Crippen LogP contribution in [0.4, 0.5) is 0 Å². The fourth-order valence-corrected chi connectivity index (χ4v) is 7.15. The minimum absolute atomic E-state index is 0.101. The van der Waals surface area contributed by atoms with Crippen LogP contribution < -0.4 is 5.32 Å². The second-order valence-electron chi connectivity index (χ2n) is 9.12. The lowest BCUT2D eigenvalue weighted by Crippen LogP contribution is -2.46. The van der Waals surface area contributed by atoms with Gasteiger partial charge in [-0.1, -0.05) is 47.5 Å². The number of carbonyl (C=O) groups is 1. The number of halogens is 2. The lowest BCUT2D eigenvalue weighted by molar-refractivity contribution is -0.126. The summed E-state index contributed by atoms with van der Waals surface area (Å²) in [6, 6.07) is 11.3. The number of benzene rings is 2. The molecule has 1 saturated heterocycles. The highest BCUT2D eigenvalue weighted by molar-refractivity contribution is 7.88. The first kappa shape index (κ1) is 24.5. The van der Waals surface area contributed by atoms with Crippen molar-refractivity contribution >= 4 is 39.1 Å². The number of nitrogens with one attached hydrogen (secondary N) is 1. The Bertz CT molecular complexity index is 1120. The van der Waals surface area contributed by atoms with E-state index >= 15 is 0 Å². The number of hydrogen-bond donors (Lipinski definition) is 1. The standard InChI is InChI=1S/C25H30Cl2N2O3S/c1-17(19-12-11-18-6-2-3-7-20(18)14-19)28-25(30)21-8-5-13-29(15-21)33(31,32)16-22-23(26)9-4-10-24(22)27/h4,9-12,14,17,21H,2-3,5-8,13,15-16H2,1H3,(H,28,30)/t17-,21-/m1/s1. The van der Waals surface area contributed by atoms with Crippen LogP contribution in [0.3, 0.4) is 0 Å². The van der Waals surface area contributed by atoms with Gasteiger partial charge in [-0.3, -0.25) is 4.79 Å². The predicted molar refractivity (Wildman–Crippen MR) is 133 cm³/mol. The van der Waals surface area contributed by atoms with E-state index in [1.54, 1.807) is 18.2 Å². The first-order valence-electron chi connectivity index (χ1n) is 11.6. The molecule has 0 bridgehead atoms.